The van der Waals surface area contributed by atoms with E-state index in [2.05, 4.69) is 10.3 Å². The van der Waals surface area contributed by atoms with Crippen molar-refractivity contribution in [3.8, 4) is 0 Å². The van der Waals surface area contributed by atoms with Gasteiger partial charge in [0.25, 0.3) is 0 Å². The lowest BCUT2D eigenvalue weighted by molar-refractivity contribution is -0.127. The minimum atomic E-state index is -0.483. The fraction of sp³-hybridized carbons (Fsp3) is 0.286. The summed E-state index contributed by atoms with van der Waals surface area (Å²) in [5.41, 5.74) is 4.70. The second-order valence-corrected chi connectivity index (χ2v) is 8.49. The predicted molar refractivity (Wildman–Crippen MR) is 117 cm³/mol. The van der Waals surface area contributed by atoms with E-state index < -0.39 is 5.25 Å². The molecule has 1 saturated heterocycles. The van der Waals surface area contributed by atoms with Crippen molar-refractivity contribution in [3.05, 3.63) is 58.1 Å². The Kier molecular flexibility index (Phi) is 6.10. The number of amidine groups is 1. The van der Waals surface area contributed by atoms with E-state index in [-0.39, 0.29) is 18.2 Å². The first-order valence-corrected chi connectivity index (χ1v) is 10.2. The molecule has 28 heavy (non-hydrogen) atoms. The van der Waals surface area contributed by atoms with Gasteiger partial charge in [-0.3, -0.25) is 14.5 Å². The number of rotatable bonds is 4. The van der Waals surface area contributed by atoms with Crippen LogP contribution in [0.1, 0.15) is 23.1 Å². The van der Waals surface area contributed by atoms with Crippen LogP contribution in [-0.2, 0) is 9.59 Å². The highest BCUT2D eigenvalue weighted by atomic mass is 35.5. The molecule has 1 N–H and O–H groups in total. The summed E-state index contributed by atoms with van der Waals surface area (Å²) >= 11 is 7.30. The number of nitrogens with zero attached hydrogens (tertiary/aromatic N) is 2. The fourth-order valence-electron chi connectivity index (χ4n) is 2.84. The minimum Gasteiger partial charge on any atom is -0.326 e. The Morgan fingerprint density at radius 1 is 1.14 bits per heavy atom. The number of aliphatic imine (C=N–C) groups is 1. The van der Waals surface area contributed by atoms with Crippen LogP contribution in [0.5, 0.6) is 0 Å². The maximum absolute atomic E-state index is 12.6. The lowest BCUT2D eigenvalue weighted by Crippen LogP contribution is -2.30. The van der Waals surface area contributed by atoms with Crippen LogP contribution in [0.15, 0.2) is 41.4 Å². The molecule has 0 saturated carbocycles. The van der Waals surface area contributed by atoms with Gasteiger partial charge in [0.15, 0.2) is 5.17 Å². The molecule has 0 radical (unpaired) electrons. The van der Waals surface area contributed by atoms with Gasteiger partial charge in [-0.25, -0.2) is 4.99 Å². The van der Waals surface area contributed by atoms with Gasteiger partial charge in [0.1, 0.15) is 5.25 Å². The molecule has 0 spiro atoms. The third-order valence-corrected chi connectivity index (χ3v) is 6.14. The first-order valence-electron chi connectivity index (χ1n) is 8.91. The van der Waals surface area contributed by atoms with Crippen LogP contribution >= 0.6 is 23.4 Å². The quantitative estimate of drug-likeness (QED) is 0.775. The monoisotopic (exact) mass is 415 g/mol. The topological polar surface area (TPSA) is 61.8 Å². The number of thioether (sulfide) groups is 1. The molecule has 2 aromatic rings. The largest absolute Gasteiger partial charge is 0.326 e. The summed E-state index contributed by atoms with van der Waals surface area (Å²) in [4.78, 5) is 31.1. The van der Waals surface area contributed by atoms with Gasteiger partial charge in [-0.05, 0) is 67.8 Å². The van der Waals surface area contributed by atoms with Crippen LogP contribution in [0.4, 0.5) is 11.4 Å². The first kappa shape index (κ1) is 20.4. The zero-order chi connectivity index (χ0) is 20.4. The molecular formula is C21H22ClN3O2S. The third-order valence-electron chi connectivity index (χ3n) is 4.68. The molecule has 1 atom stereocenters. The summed E-state index contributed by atoms with van der Waals surface area (Å²) in [7, 11) is 1.68. The second kappa shape index (κ2) is 8.37. The van der Waals surface area contributed by atoms with Gasteiger partial charge in [0.05, 0.1) is 5.69 Å². The number of benzene rings is 2. The molecule has 1 fully saturated rings. The fourth-order valence-corrected chi connectivity index (χ4v) is 4.22. The molecule has 0 bridgehead atoms. The molecule has 0 aromatic heterocycles. The number of hydrogen-bond acceptors (Lipinski definition) is 4. The van der Waals surface area contributed by atoms with Crippen molar-refractivity contribution in [2.75, 3.05) is 12.4 Å². The van der Waals surface area contributed by atoms with Gasteiger partial charge in [-0.1, -0.05) is 29.4 Å². The van der Waals surface area contributed by atoms with Gasteiger partial charge in [0, 0.05) is 24.2 Å². The number of nitrogens with one attached hydrogen (secondary N) is 1. The van der Waals surface area contributed by atoms with E-state index in [1.807, 2.05) is 51.1 Å². The number of hydrogen-bond donors (Lipinski definition) is 1. The van der Waals surface area contributed by atoms with E-state index in [4.69, 9.17) is 11.6 Å². The van der Waals surface area contributed by atoms with Crippen molar-refractivity contribution in [1.29, 1.82) is 0 Å². The van der Waals surface area contributed by atoms with Crippen molar-refractivity contribution in [2.24, 2.45) is 4.99 Å². The van der Waals surface area contributed by atoms with Crippen LogP contribution in [0, 0.1) is 20.8 Å². The SMILES string of the molecule is Cc1ccc(NC(=O)C[C@H]2SC(=Nc3ccc(Cl)cc3C)N(C)C2=O)cc1C. The lowest BCUT2D eigenvalue weighted by atomic mass is 10.1. The number of aryl methyl sites for hydroxylation is 3. The van der Waals surface area contributed by atoms with E-state index in [1.54, 1.807) is 13.1 Å². The average molecular weight is 416 g/mol. The Bertz CT molecular complexity index is 974. The highest BCUT2D eigenvalue weighted by Crippen LogP contribution is 2.32. The Hall–Kier alpha value is -2.31. The number of amides is 2. The van der Waals surface area contributed by atoms with E-state index in [0.29, 0.717) is 10.2 Å². The number of anilines is 1. The number of carbonyl (C=O) groups is 2. The Morgan fingerprint density at radius 3 is 2.57 bits per heavy atom. The maximum atomic E-state index is 12.6. The van der Waals surface area contributed by atoms with E-state index in [1.165, 1.54) is 22.2 Å². The standard InChI is InChI=1S/C21H22ClN3O2S/c1-12-5-7-16(10-13(12)2)23-19(26)11-18-20(27)25(4)21(28-18)24-17-8-6-15(22)9-14(17)3/h5-10,18H,11H2,1-4H3,(H,23,26)/t18-/m1/s1. The summed E-state index contributed by atoms with van der Waals surface area (Å²) < 4.78 is 0. The minimum absolute atomic E-state index is 0.0966. The third kappa shape index (κ3) is 4.56. The molecule has 1 aliphatic rings. The Balaban J connectivity index is 1.69. The van der Waals surface area contributed by atoms with Crippen LogP contribution in [-0.4, -0.2) is 34.2 Å². The lowest BCUT2D eigenvalue weighted by Gasteiger charge is -2.10. The highest BCUT2D eigenvalue weighted by Gasteiger charge is 2.37. The zero-order valence-corrected chi connectivity index (χ0v) is 17.8. The molecule has 2 aromatic carbocycles. The first-order chi connectivity index (χ1) is 13.2. The molecule has 146 valence electrons. The predicted octanol–water partition coefficient (Wildman–Crippen LogP) is 4.86. The van der Waals surface area contributed by atoms with E-state index >= 15 is 0 Å². The molecule has 7 heteroatoms. The number of halogens is 1. The van der Waals surface area contributed by atoms with Crippen LogP contribution in [0.3, 0.4) is 0 Å². The highest BCUT2D eigenvalue weighted by molar-refractivity contribution is 8.15. The smallest absolute Gasteiger partial charge is 0.242 e. The van der Waals surface area contributed by atoms with Gasteiger partial charge < -0.3 is 5.32 Å². The van der Waals surface area contributed by atoms with Crippen molar-refractivity contribution in [2.45, 2.75) is 32.4 Å². The van der Waals surface area contributed by atoms with Crippen LogP contribution in [0.2, 0.25) is 5.02 Å². The van der Waals surface area contributed by atoms with E-state index in [9.17, 15) is 9.59 Å². The summed E-state index contributed by atoms with van der Waals surface area (Å²) in [6, 6.07) is 11.2. The second-order valence-electron chi connectivity index (χ2n) is 6.88. The van der Waals surface area contributed by atoms with Gasteiger partial charge in [-0.2, -0.15) is 0 Å². The molecule has 5 nitrogen and oxygen atoms in total. The van der Waals surface area contributed by atoms with Crippen molar-refractivity contribution < 1.29 is 9.59 Å². The molecule has 0 aliphatic carbocycles. The summed E-state index contributed by atoms with van der Waals surface area (Å²) in [5, 5.41) is 3.62. The van der Waals surface area contributed by atoms with Gasteiger partial charge in [-0.15, -0.1) is 0 Å². The average Bonchev–Trinajstić information content (AvgIpc) is 2.88. The Morgan fingerprint density at radius 2 is 1.89 bits per heavy atom. The van der Waals surface area contributed by atoms with Crippen LogP contribution < -0.4 is 5.32 Å². The van der Waals surface area contributed by atoms with Gasteiger partial charge in [0.2, 0.25) is 11.8 Å². The molecular weight excluding hydrogens is 394 g/mol. The van der Waals surface area contributed by atoms with Crippen molar-refractivity contribution in [1.82, 2.24) is 4.90 Å². The van der Waals surface area contributed by atoms with E-state index in [0.717, 1.165) is 22.5 Å². The van der Waals surface area contributed by atoms with Crippen molar-refractivity contribution >= 4 is 51.7 Å². The summed E-state index contributed by atoms with van der Waals surface area (Å²) in [6.45, 7) is 5.94. The molecule has 1 aliphatic heterocycles. The molecule has 1 heterocycles. The molecule has 2 amide bonds. The summed E-state index contributed by atoms with van der Waals surface area (Å²) in [5.74, 6) is -0.308. The number of carbonyl (C=O) groups excluding carboxylic acids is 2. The Labute approximate surface area is 174 Å². The molecule has 0 unspecified atom stereocenters. The normalized spacial score (nSPS) is 18.0. The summed E-state index contributed by atoms with van der Waals surface area (Å²) in [6.07, 6.45) is 0.0966. The zero-order valence-electron chi connectivity index (χ0n) is 16.2. The van der Waals surface area contributed by atoms with Crippen LogP contribution in [0.25, 0.3) is 0 Å². The molecule has 3 rings (SSSR count). The van der Waals surface area contributed by atoms with Gasteiger partial charge >= 0.3 is 0 Å². The van der Waals surface area contributed by atoms with Crippen molar-refractivity contribution in [3.63, 3.8) is 0 Å². The maximum Gasteiger partial charge on any atom is 0.242 e.